The Morgan fingerprint density at radius 2 is 1.75 bits per heavy atom. The molecule has 0 spiro atoms. The standard InChI is InChI=1S/C23H21ClN6OS/c1-14-9-10-17(12-19(14)24)27-22(31)21-20(13-32-23-25-15(2)11-16(3)26-23)30(29-28-21)18-7-5-4-6-8-18/h4-12H,13H2,1-3H3,(H,27,31). The molecular weight excluding hydrogens is 444 g/mol. The second-order valence-electron chi connectivity index (χ2n) is 7.27. The highest BCUT2D eigenvalue weighted by Crippen LogP contribution is 2.25. The van der Waals surface area contributed by atoms with Gasteiger partial charge < -0.3 is 5.32 Å². The second-order valence-corrected chi connectivity index (χ2v) is 8.62. The first-order chi connectivity index (χ1) is 15.4. The number of para-hydroxylation sites is 1. The zero-order chi connectivity index (χ0) is 22.7. The number of anilines is 1. The van der Waals surface area contributed by atoms with E-state index in [1.54, 1.807) is 16.8 Å². The summed E-state index contributed by atoms with van der Waals surface area (Å²) in [5.41, 5.74) is 5.02. The molecule has 0 bridgehead atoms. The minimum atomic E-state index is -0.357. The van der Waals surface area contributed by atoms with Crippen molar-refractivity contribution in [3.63, 3.8) is 0 Å². The Labute approximate surface area is 195 Å². The summed E-state index contributed by atoms with van der Waals surface area (Å²) >= 11 is 7.63. The molecule has 0 aliphatic carbocycles. The molecule has 32 heavy (non-hydrogen) atoms. The van der Waals surface area contributed by atoms with Crippen molar-refractivity contribution in [1.29, 1.82) is 0 Å². The minimum absolute atomic E-state index is 0.238. The van der Waals surface area contributed by atoms with Gasteiger partial charge in [-0.25, -0.2) is 14.6 Å². The molecule has 162 valence electrons. The van der Waals surface area contributed by atoms with Crippen LogP contribution < -0.4 is 5.32 Å². The van der Waals surface area contributed by atoms with Crippen LogP contribution in [0.5, 0.6) is 0 Å². The summed E-state index contributed by atoms with van der Waals surface area (Å²) in [6.45, 7) is 5.77. The Morgan fingerprint density at radius 3 is 2.44 bits per heavy atom. The fourth-order valence-electron chi connectivity index (χ4n) is 3.14. The molecule has 0 saturated carbocycles. The van der Waals surface area contributed by atoms with Gasteiger partial charge in [-0.05, 0) is 56.7 Å². The van der Waals surface area contributed by atoms with Gasteiger partial charge in [0, 0.05) is 27.9 Å². The number of hydrogen-bond acceptors (Lipinski definition) is 6. The van der Waals surface area contributed by atoms with E-state index in [9.17, 15) is 4.79 Å². The fourth-order valence-corrected chi connectivity index (χ4v) is 4.26. The summed E-state index contributed by atoms with van der Waals surface area (Å²) in [6, 6.07) is 16.9. The Hall–Kier alpha value is -3.23. The van der Waals surface area contributed by atoms with Crippen LogP contribution in [0.4, 0.5) is 5.69 Å². The lowest BCUT2D eigenvalue weighted by atomic mass is 10.2. The number of aryl methyl sites for hydroxylation is 3. The molecule has 9 heteroatoms. The van der Waals surface area contributed by atoms with E-state index in [0.717, 1.165) is 22.6 Å². The maximum absolute atomic E-state index is 13.1. The molecule has 2 aromatic carbocycles. The Morgan fingerprint density at radius 1 is 1.03 bits per heavy atom. The zero-order valence-corrected chi connectivity index (χ0v) is 19.4. The maximum atomic E-state index is 13.1. The molecule has 0 saturated heterocycles. The van der Waals surface area contributed by atoms with Crippen LogP contribution in [0.15, 0.2) is 59.8 Å². The van der Waals surface area contributed by atoms with Crippen LogP contribution >= 0.6 is 23.4 Å². The van der Waals surface area contributed by atoms with Crippen molar-refractivity contribution in [2.75, 3.05) is 5.32 Å². The van der Waals surface area contributed by atoms with Gasteiger partial charge in [-0.15, -0.1) is 5.10 Å². The lowest BCUT2D eigenvalue weighted by molar-refractivity contribution is 0.102. The molecule has 0 aliphatic heterocycles. The highest BCUT2D eigenvalue weighted by molar-refractivity contribution is 7.98. The van der Waals surface area contributed by atoms with Gasteiger partial charge in [0.1, 0.15) is 0 Å². The van der Waals surface area contributed by atoms with Gasteiger partial charge in [0.15, 0.2) is 10.9 Å². The summed E-state index contributed by atoms with van der Waals surface area (Å²) in [6.07, 6.45) is 0. The molecule has 1 amide bonds. The largest absolute Gasteiger partial charge is 0.320 e. The number of hydrogen-bond donors (Lipinski definition) is 1. The smallest absolute Gasteiger partial charge is 0.278 e. The van der Waals surface area contributed by atoms with Crippen molar-refractivity contribution in [2.45, 2.75) is 31.7 Å². The van der Waals surface area contributed by atoms with Gasteiger partial charge in [-0.1, -0.05) is 52.8 Å². The number of halogens is 1. The van der Waals surface area contributed by atoms with Crippen molar-refractivity contribution in [3.8, 4) is 5.69 Å². The molecule has 2 aromatic heterocycles. The van der Waals surface area contributed by atoms with Crippen LogP contribution in [0, 0.1) is 20.8 Å². The monoisotopic (exact) mass is 464 g/mol. The third-order valence-corrected chi connectivity index (χ3v) is 5.97. The van der Waals surface area contributed by atoms with Gasteiger partial charge >= 0.3 is 0 Å². The summed E-state index contributed by atoms with van der Waals surface area (Å²) in [7, 11) is 0. The number of rotatable bonds is 6. The maximum Gasteiger partial charge on any atom is 0.278 e. The van der Waals surface area contributed by atoms with Gasteiger partial charge in [0.25, 0.3) is 5.91 Å². The fraction of sp³-hybridized carbons (Fsp3) is 0.174. The van der Waals surface area contributed by atoms with Crippen LogP contribution in [-0.4, -0.2) is 30.9 Å². The molecule has 0 aliphatic rings. The van der Waals surface area contributed by atoms with Crippen LogP contribution in [0.3, 0.4) is 0 Å². The highest BCUT2D eigenvalue weighted by Gasteiger charge is 2.22. The summed E-state index contributed by atoms with van der Waals surface area (Å²) in [5.74, 6) is 0.0615. The average Bonchev–Trinajstić information content (AvgIpc) is 3.19. The van der Waals surface area contributed by atoms with Crippen molar-refractivity contribution >= 4 is 35.0 Å². The number of amides is 1. The number of carbonyl (C=O) groups excluding carboxylic acids is 1. The lowest BCUT2D eigenvalue weighted by Crippen LogP contribution is -2.15. The molecular formula is C23H21ClN6OS. The average molecular weight is 465 g/mol. The molecule has 4 rings (SSSR count). The highest BCUT2D eigenvalue weighted by atomic mass is 35.5. The Kier molecular flexibility index (Phi) is 6.53. The third-order valence-electron chi connectivity index (χ3n) is 4.71. The number of aromatic nitrogens is 5. The lowest BCUT2D eigenvalue weighted by Gasteiger charge is -2.09. The van der Waals surface area contributed by atoms with E-state index in [4.69, 9.17) is 11.6 Å². The van der Waals surface area contributed by atoms with Gasteiger partial charge in [0.2, 0.25) is 0 Å². The molecule has 0 radical (unpaired) electrons. The van der Waals surface area contributed by atoms with Crippen LogP contribution in [0.2, 0.25) is 5.02 Å². The van der Waals surface area contributed by atoms with Crippen molar-refractivity contribution in [3.05, 3.63) is 88.0 Å². The van der Waals surface area contributed by atoms with Gasteiger partial charge in [0.05, 0.1) is 11.4 Å². The molecule has 4 aromatic rings. The summed E-state index contributed by atoms with van der Waals surface area (Å²) in [4.78, 5) is 22.1. The van der Waals surface area contributed by atoms with E-state index < -0.39 is 0 Å². The van der Waals surface area contributed by atoms with E-state index >= 15 is 0 Å². The third kappa shape index (κ3) is 4.98. The molecule has 2 heterocycles. The topological polar surface area (TPSA) is 85.6 Å². The van der Waals surface area contributed by atoms with E-state index in [2.05, 4.69) is 25.6 Å². The Bertz CT molecular complexity index is 1250. The van der Waals surface area contributed by atoms with Gasteiger partial charge in [-0.2, -0.15) is 0 Å². The van der Waals surface area contributed by atoms with Crippen LogP contribution in [0.25, 0.3) is 5.69 Å². The molecule has 0 atom stereocenters. The summed E-state index contributed by atoms with van der Waals surface area (Å²) < 4.78 is 1.67. The number of benzene rings is 2. The first kappa shape index (κ1) is 22.0. The van der Waals surface area contributed by atoms with Crippen LogP contribution in [-0.2, 0) is 5.75 Å². The minimum Gasteiger partial charge on any atom is -0.320 e. The number of thioether (sulfide) groups is 1. The normalized spacial score (nSPS) is 10.9. The SMILES string of the molecule is Cc1cc(C)nc(SCc2c(C(=O)Nc3ccc(C)c(Cl)c3)nnn2-c2ccccc2)n1. The number of nitrogens with zero attached hydrogens (tertiary/aromatic N) is 5. The van der Waals surface area contributed by atoms with E-state index in [-0.39, 0.29) is 11.6 Å². The van der Waals surface area contributed by atoms with E-state index in [0.29, 0.717) is 27.3 Å². The van der Waals surface area contributed by atoms with Crippen molar-refractivity contribution < 1.29 is 4.79 Å². The predicted octanol–water partition coefficient (Wildman–Crippen LogP) is 5.18. The number of carbonyl (C=O) groups is 1. The number of nitrogens with one attached hydrogen (secondary N) is 1. The first-order valence-electron chi connectivity index (χ1n) is 9.93. The van der Waals surface area contributed by atoms with E-state index in [1.165, 1.54) is 11.8 Å². The van der Waals surface area contributed by atoms with E-state index in [1.807, 2.05) is 63.2 Å². The molecule has 7 nitrogen and oxygen atoms in total. The molecule has 0 unspecified atom stereocenters. The quantitative estimate of drug-likeness (QED) is 0.312. The van der Waals surface area contributed by atoms with Crippen molar-refractivity contribution in [1.82, 2.24) is 25.0 Å². The molecule has 0 fully saturated rings. The van der Waals surface area contributed by atoms with Gasteiger partial charge in [-0.3, -0.25) is 4.79 Å². The second kappa shape index (κ2) is 9.50. The molecule has 1 N–H and O–H groups in total. The van der Waals surface area contributed by atoms with Crippen LogP contribution in [0.1, 0.15) is 33.1 Å². The van der Waals surface area contributed by atoms with Crippen molar-refractivity contribution in [2.24, 2.45) is 0 Å². The zero-order valence-electron chi connectivity index (χ0n) is 17.8. The summed E-state index contributed by atoms with van der Waals surface area (Å²) in [5, 5.41) is 12.5. The first-order valence-corrected chi connectivity index (χ1v) is 11.3. The Balaban J connectivity index is 1.66. The predicted molar refractivity (Wildman–Crippen MR) is 127 cm³/mol.